The van der Waals surface area contributed by atoms with Crippen molar-refractivity contribution in [2.24, 2.45) is 5.92 Å². The lowest BCUT2D eigenvalue weighted by molar-refractivity contribution is -0.292. The normalized spacial score (nSPS) is 15.5. The van der Waals surface area contributed by atoms with Crippen LogP contribution in [0.4, 0.5) is 26.3 Å². The van der Waals surface area contributed by atoms with Crippen LogP contribution in [0.2, 0.25) is 0 Å². The third kappa shape index (κ3) is 8.50. The maximum Gasteiger partial charge on any atom is 0.401 e. The van der Waals surface area contributed by atoms with Gasteiger partial charge in [0.1, 0.15) is 9.84 Å². The second kappa shape index (κ2) is 7.66. The molecule has 21 heavy (non-hydrogen) atoms. The Labute approximate surface area is 120 Å². The summed E-state index contributed by atoms with van der Waals surface area (Å²) >= 11 is 0. The number of nitrogens with one attached hydrogen (secondary N) is 1. The molecule has 1 N–H and O–H groups in total. The number of hydrogen-bond acceptors (Lipinski definition) is 3. The lowest BCUT2D eigenvalue weighted by atomic mass is 9.94. The number of sulfone groups is 1. The smallest absolute Gasteiger partial charge is 0.313 e. The van der Waals surface area contributed by atoms with Crippen molar-refractivity contribution in [1.29, 1.82) is 0 Å². The fourth-order valence-corrected chi connectivity index (χ4v) is 2.61. The molecule has 0 amide bonds. The van der Waals surface area contributed by atoms with Gasteiger partial charge in [0.2, 0.25) is 0 Å². The molecule has 0 saturated heterocycles. The van der Waals surface area contributed by atoms with E-state index in [0.717, 1.165) is 6.26 Å². The molecular formula is C11H19F6NO2S. The molecule has 0 aromatic carbocycles. The average molecular weight is 343 g/mol. The van der Waals surface area contributed by atoms with Gasteiger partial charge in [-0.2, -0.15) is 26.3 Å². The quantitative estimate of drug-likeness (QED) is 0.690. The van der Waals surface area contributed by atoms with Crippen LogP contribution in [0.25, 0.3) is 0 Å². The van der Waals surface area contributed by atoms with Crippen molar-refractivity contribution in [3.05, 3.63) is 0 Å². The summed E-state index contributed by atoms with van der Waals surface area (Å²) in [5, 5.41) is 2.23. The molecule has 0 saturated carbocycles. The molecule has 0 fully saturated rings. The van der Waals surface area contributed by atoms with Crippen LogP contribution >= 0.6 is 0 Å². The summed E-state index contributed by atoms with van der Waals surface area (Å²) in [7, 11) is -3.43. The van der Waals surface area contributed by atoms with Crippen LogP contribution < -0.4 is 5.32 Å². The molecule has 0 rings (SSSR count). The predicted molar refractivity (Wildman–Crippen MR) is 66.6 cm³/mol. The van der Waals surface area contributed by atoms with Gasteiger partial charge in [0, 0.05) is 18.1 Å². The van der Waals surface area contributed by atoms with Gasteiger partial charge >= 0.3 is 12.4 Å². The van der Waals surface area contributed by atoms with Gasteiger partial charge in [0.05, 0.1) is 0 Å². The molecule has 0 aromatic heterocycles. The molecule has 0 aliphatic rings. The third-order valence-corrected chi connectivity index (χ3v) is 3.82. The molecule has 0 aromatic rings. The molecule has 0 radical (unpaired) electrons. The van der Waals surface area contributed by atoms with Crippen LogP contribution in [0.1, 0.15) is 26.2 Å². The summed E-state index contributed by atoms with van der Waals surface area (Å²) in [4.78, 5) is 0. The van der Waals surface area contributed by atoms with Crippen LogP contribution in [0.15, 0.2) is 0 Å². The highest BCUT2D eigenvalue weighted by atomic mass is 32.2. The van der Waals surface area contributed by atoms with Crippen LogP contribution in [0.5, 0.6) is 0 Å². The summed E-state index contributed by atoms with van der Waals surface area (Å²) in [6.07, 6.45) is -10.4. The van der Waals surface area contributed by atoms with E-state index in [4.69, 9.17) is 0 Å². The minimum Gasteiger partial charge on any atom is -0.313 e. The Morgan fingerprint density at radius 3 is 1.86 bits per heavy atom. The van der Waals surface area contributed by atoms with E-state index >= 15 is 0 Å². The lowest BCUT2D eigenvalue weighted by Gasteiger charge is -2.31. The average Bonchev–Trinajstić information content (AvgIpc) is 2.19. The molecule has 128 valence electrons. The van der Waals surface area contributed by atoms with E-state index in [1.165, 1.54) is 0 Å². The lowest BCUT2D eigenvalue weighted by Crippen LogP contribution is -2.51. The number of hydrogen-bond donors (Lipinski definition) is 1. The van der Waals surface area contributed by atoms with E-state index in [9.17, 15) is 34.8 Å². The van der Waals surface area contributed by atoms with Gasteiger partial charge in [0.25, 0.3) is 0 Å². The Morgan fingerprint density at radius 2 is 1.52 bits per heavy atom. The third-order valence-electron chi connectivity index (χ3n) is 2.79. The molecular weight excluding hydrogens is 324 g/mol. The first kappa shape index (κ1) is 20.5. The Kier molecular flexibility index (Phi) is 7.48. The Hall–Kier alpha value is -0.510. The van der Waals surface area contributed by atoms with Gasteiger partial charge in [-0.05, 0) is 25.8 Å². The molecule has 0 aliphatic carbocycles. The molecule has 0 aliphatic heterocycles. The molecule has 3 nitrogen and oxygen atoms in total. The van der Waals surface area contributed by atoms with E-state index < -0.39 is 46.3 Å². The Morgan fingerprint density at radius 1 is 1.05 bits per heavy atom. The standard InChI is InChI=1S/C11H19F6NO2S/c1-3-6-18-8(5-4-7-21(2,19)20)9(10(12,13)14)11(15,16)17/h8-9,18H,3-7H2,1-2H3. The summed E-state index contributed by atoms with van der Waals surface area (Å²) in [6, 6.07) is -1.88. The zero-order valence-corrected chi connectivity index (χ0v) is 12.5. The van der Waals surface area contributed by atoms with E-state index in [-0.39, 0.29) is 13.0 Å². The highest BCUT2D eigenvalue weighted by Gasteiger charge is 2.59. The fraction of sp³-hybridized carbons (Fsp3) is 1.00. The molecule has 1 unspecified atom stereocenters. The van der Waals surface area contributed by atoms with E-state index in [2.05, 4.69) is 5.32 Å². The second-order valence-electron chi connectivity index (χ2n) is 4.89. The molecule has 10 heteroatoms. The van der Waals surface area contributed by atoms with Crippen LogP contribution in [0.3, 0.4) is 0 Å². The van der Waals surface area contributed by atoms with Gasteiger partial charge in [0.15, 0.2) is 5.92 Å². The van der Waals surface area contributed by atoms with Crippen molar-refractivity contribution in [2.45, 2.75) is 44.6 Å². The topological polar surface area (TPSA) is 46.2 Å². The van der Waals surface area contributed by atoms with Gasteiger partial charge < -0.3 is 5.32 Å². The summed E-state index contributed by atoms with van der Waals surface area (Å²) in [5.41, 5.74) is 0. The van der Waals surface area contributed by atoms with E-state index in [1.807, 2.05) is 0 Å². The van der Waals surface area contributed by atoms with Crippen LogP contribution in [0, 0.1) is 5.92 Å². The maximum absolute atomic E-state index is 12.7. The van der Waals surface area contributed by atoms with Gasteiger partial charge in [-0.15, -0.1) is 0 Å². The Balaban J connectivity index is 5.06. The Bertz CT molecular complexity index is 390. The molecule has 0 heterocycles. The largest absolute Gasteiger partial charge is 0.401 e. The van der Waals surface area contributed by atoms with Crippen LogP contribution in [-0.4, -0.2) is 45.4 Å². The minimum absolute atomic E-state index is 0.00774. The summed E-state index contributed by atoms with van der Waals surface area (Å²) in [6.45, 7) is 1.60. The number of rotatable bonds is 8. The second-order valence-corrected chi connectivity index (χ2v) is 7.15. The monoisotopic (exact) mass is 343 g/mol. The van der Waals surface area contributed by atoms with Crippen molar-refractivity contribution in [2.75, 3.05) is 18.6 Å². The zero-order valence-electron chi connectivity index (χ0n) is 11.7. The molecule has 1 atom stereocenters. The highest BCUT2D eigenvalue weighted by molar-refractivity contribution is 7.90. The van der Waals surface area contributed by atoms with Gasteiger partial charge in [-0.25, -0.2) is 8.42 Å². The first-order valence-corrected chi connectivity index (χ1v) is 8.39. The van der Waals surface area contributed by atoms with Crippen molar-refractivity contribution in [3.63, 3.8) is 0 Å². The molecule has 0 bridgehead atoms. The SMILES string of the molecule is CCCNC(CCCS(C)(=O)=O)C(C(F)(F)F)C(F)(F)F. The highest BCUT2D eigenvalue weighted by Crippen LogP contribution is 2.42. The fourth-order valence-electron chi connectivity index (χ4n) is 1.92. The first-order chi connectivity index (χ1) is 9.29. The van der Waals surface area contributed by atoms with Gasteiger partial charge in [-0.3, -0.25) is 0 Å². The summed E-state index contributed by atoms with van der Waals surface area (Å²) < 4.78 is 97.9. The predicted octanol–water partition coefficient (Wildman–Crippen LogP) is 2.92. The van der Waals surface area contributed by atoms with E-state index in [0.29, 0.717) is 6.42 Å². The van der Waals surface area contributed by atoms with Crippen LogP contribution in [-0.2, 0) is 9.84 Å². The summed E-state index contributed by atoms with van der Waals surface area (Å²) in [5.74, 6) is -3.95. The van der Waals surface area contributed by atoms with E-state index in [1.54, 1.807) is 6.92 Å². The first-order valence-electron chi connectivity index (χ1n) is 6.33. The van der Waals surface area contributed by atoms with Crippen molar-refractivity contribution in [1.82, 2.24) is 5.32 Å². The zero-order chi connectivity index (χ0) is 16.9. The van der Waals surface area contributed by atoms with Crippen molar-refractivity contribution < 1.29 is 34.8 Å². The minimum atomic E-state index is -5.44. The van der Waals surface area contributed by atoms with Gasteiger partial charge in [-0.1, -0.05) is 6.92 Å². The van der Waals surface area contributed by atoms with Crippen molar-refractivity contribution in [3.8, 4) is 0 Å². The molecule has 0 spiro atoms. The maximum atomic E-state index is 12.7. The van der Waals surface area contributed by atoms with Crippen molar-refractivity contribution >= 4 is 9.84 Å². The number of alkyl halides is 6. The number of halogens is 6.